The van der Waals surface area contributed by atoms with Crippen LogP contribution in [0.1, 0.15) is 26.2 Å². The van der Waals surface area contributed by atoms with Gasteiger partial charge >= 0.3 is 0 Å². The molecule has 5 heteroatoms. The number of hydrogen-bond donors (Lipinski definition) is 1. The highest BCUT2D eigenvalue weighted by molar-refractivity contribution is 6.33. The van der Waals surface area contributed by atoms with Crippen molar-refractivity contribution >= 4 is 23.0 Å². The predicted octanol–water partition coefficient (Wildman–Crippen LogP) is 3.85. The first-order chi connectivity index (χ1) is 8.06. The van der Waals surface area contributed by atoms with Crippen molar-refractivity contribution < 1.29 is 4.92 Å². The number of rotatable bonds is 5. The number of nitro groups is 1. The van der Waals surface area contributed by atoms with Crippen molar-refractivity contribution in [2.45, 2.75) is 32.2 Å². The van der Waals surface area contributed by atoms with E-state index in [4.69, 9.17) is 11.6 Å². The Bertz CT molecular complexity index is 433. The molecular weight excluding hydrogens is 240 g/mol. The Morgan fingerprint density at radius 1 is 1.59 bits per heavy atom. The second kappa shape index (κ2) is 4.92. The molecule has 1 saturated carbocycles. The fourth-order valence-corrected chi connectivity index (χ4v) is 2.14. The highest BCUT2D eigenvalue weighted by atomic mass is 35.5. The summed E-state index contributed by atoms with van der Waals surface area (Å²) < 4.78 is 0. The summed E-state index contributed by atoms with van der Waals surface area (Å²) in [4.78, 5) is 10.1. The fraction of sp³-hybridized carbons (Fsp3) is 0.500. The number of non-ortho nitro benzene ring substituents is 1. The Hall–Kier alpha value is -1.29. The van der Waals surface area contributed by atoms with E-state index < -0.39 is 4.92 Å². The summed E-state index contributed by atoms with van der Waals surface area (Å²) in [5.74, 6) is 0.842. The molecule has 92 valence electrons. The molecule has 1 atom stereocenters. The van der Waals surface area contributed by atoms with Crippen LogP contribution in [0.5, 0.6) is 0 Å². The minimum atomic E-state index is -0.441. The number of nitrogens with one attached hydrogen (secondary N) is 1. The predicted molar refractivity (Wildman–Crippen MR) is 68.5 cm³/mol. The average Bonchev–Trinajstić information content (AvgIpc) is 3.04. The number of benzene rings is 1. The van der Waals surface area contributed by atoms with Crippen molar-refractivity contribution in [3.63, 3.8) is 0 Å². The van der Waals surface area contributed by atoms with E-state index in [1.165, 1.54) is 25.0 Å². The third kappa shape index (κ3) is 3.33. The summed E-state index contributed by atoms with van der Waals surface area (Å²) in [6, 6.07) is 4.87. The third-order valence-corrected chi connectivity index (χ3v) is 3.26. The third-order valence-electron chi connectivity index (χ3n) is 2.95. The molecule has 2 rings (SSSR count). The number of hydrogen-bond acceptors (Lipinski definition) is 3. The molecule has 17 heavy (non-hydrogen) atoms. The van der Waals surface area contributed by atoms with E-state index in [1.54, 1.807) is 6.07 Å². The van der Waals surface area contributed by atoms with E-state index in [1.807, 2.05) is 0 Å². The summed E-state index contributed by atoms with van der Waals surface area (Å²) in [7, 11) is 0. The molecule has 1 aliphatic carbocycles. The summed E-state index contributed by atoms with van der Waals surface area (Å²) in [6.07, 6.45) is 3.77. The van der Waals surface area contributed by atoms with Gasteiger partial charge in [-0.15, -0.1) is 0 Å². The Kier molecular flexibility index (Phi) is 3.52. The van der Waals surface area contributed by atoms with E-state index in [0.29, 0.717) is 11.1 Å². The first-order valence-corrected chi connectivity index (χ1v) is 6.14. The zero-order chi connectivity index (χ0) is 12.4. The average molecular weight is 255 g/mol. The van der Waals surface area contributed by atoms with Gasteiger partial charge in [0.15, 0.2) is 0 Å². The van der Waals surface area contributed by atoms with Crippen LogP contribution in [0.3, 0.4) is 0 Å². The molecule has 0 amide bonds. The number of nitro benzene ring substituents is 1. The Balaban J connectivity index is 2.02. The SMILES string of the molecule is CC(CC1CC1)Nc1ccc([N+](=O)[O-])cc1Cl. The standard InChI is InChI=1S/C12H15ClN2O2/c1-8(6-9-2-3-9)14-12-5-4-10(15(16)17)7-11(12)13/h4-5,7-9,14H,2-3,6H2,1H3. The molecule has 0 saturated heterocycles. The van der Waals surface area contributed by atoms with Crippen molar-refractivity contribution in [2.24, 2.45) is 5.92 Å². The second-order valence-electron chi connectivity index (χ2n) is 4.65. The van der Waals surface area contributed by atoms with Crippen molar-refractivity contribution in [3.8, 4) is 0 Å². The quantitative estimate of drug-likeness (QED) is 0.641. The van der Waals surface area contributed by atoms with Gasteiger partial charge in [-0.3, -0.25) is 10.1 Å². The summed E-state index contributed by atoms with van der Waals surface area (Å²) in [5.41, 5.74) is 0.792. The number of nitrogens with zero attached hydrogens (tertiary/aromatic N) is 1. The Morgan fingerprint density at radius 3 is 2.82 bits per heavy atom. The van der Waals surface area contributed by atoms with Gasteiger partial charge in [0.05, 0.1) is 15.6 Å². The molecule has 4 nitrogen and oxygen atoms in total. The van der Waals surface area contributed by atoms with Crippen LogP contribution in [-0.4, -0.2) is 11.0 Å². The maximum atomic E-state index is 10.6. The van der Waals surface area contributed by atoms with Gasteiger partial charge in [-0.2, -0.15) is 0 Å². The van der Waals surface area contributed by atoms with E-state index in [0.717, 1.165) is 18.0 Å². The molecule has 0 radical (unpaired) electrons. The lowest BCUT2D eigenvalue weighted by molar-refractivity contribution is -0.384. The van der Waals surface area contributed by atoms with Gasteiger partial charge in [0.25, 0.3) is 5.69 Å². The van der Waals surface area contributed by atoms with Crippen LogP contribution in [0.4, 0.5) is 11.4 Å². The Morgan fingerprint density at radius 2 is 2.29 bits per heavy atom. The lowest BCUT2D eigenvalue weighted by atomic mass is 10.1. The number of anilines is 1. The minimum Gasteiger partial charge on any atom is -0.381 e. The zero-order valence-corrected chi connectivity index (χ0v) is 10.4. The van der Waals surface area contributed by atoms with E-state index in [-0.39, 0.29) is 5.69 Å². The molecule has 1 aromatic rings. The van der Waals surface area contributed by atoms with E-state index in [9.17, 15) is 10.1 Å². The van der Waals surface area contributed by atoms with Crippen molar-refractivity contribution in [1.82, 2.24) is 0 Å². The van der Waals surface area contributed by atoms with Crippen molar-refractivity contribution in [2.75, 3.05) is 5.32 Å². The molecule has 0 aromatic heterocycles. The highest BCUT2D eigenvalue weighted by Crippen LogP contribution is 2.35. The molecule has 1 aromatic carbocycles. The van der Waals surface area contributed by atoms with Gasteiger partial charge < -0.3 is 5.32 Å². The largest absolute Gasteiger partial charge is 0.381 e. The normalized spacial score (nSPS) is 16.6. The summed E-state index contributed by atoms with van der Waals surface area (Å²) in [6.45, 7) is 2.11. The molecule has 1 N–H and O–H groups in total. The van der Waals surface area contributed by atoms with Gasteiger partial charge in [0.2, 0.25) is 0 Å². The van der Waals surface area contributed by atoms with E-state index >= 15 is 0 Å². The highest BCUT2D eigenvalue weighted by Gasteiger charge is 2.23. The van der Waals surface area contributed by atoms with Gasteiger partial charge in [-0.05, 0) is 25.3 Å². The van der Waals surface area contributed by atoms with Crippen LogP contribution >= 0.6 is 11.6 Å². The fourth-order valence-electron chi connectivity index (χ4n) is 1.91. The van der Waals surface area contributed by atoms with Crippen LogP contribution in [0.15, 0.2) is 18.2 Å². The van der Waals surface area contributed by atoms with Crippen LogP contribution in [0.25, 0.3) is 0 Å². The molecular formula is C12H15ClN2O2. The lowest BCUT2D eigenvalue weighted by Crippen LogP contribution is -2.15. The van der Waals surface area contributed by atoms with Crippen molar-refractivity contribution in [1.29, 1.82) is 0 Å². The summed E-state index contributed by atoms with van der Waals surface area (Å²) >= 11 is 6.00. The molecule has 0 aliphatic heterocycles. The van der Waals surface area contributed by atoms with Gasteiger partial charge in [0.1, 0.15) is 0 Å². The van der Waals surface area contributed by atoms with Crippen LogP contribution in [-0.2, 0) is 0 Å². The molecule has 0 bridgehead atoms. The molecule has 0 heterocycles. The minimum absolute atomic E-state index is 0.0235. The topological polar surface area (TPSA) is 55.2 Å². The maximum absolute atomic E-state index is 10.6. The maximum Gasteiger partial charge on any atom is 0.271 e. The zero-order valence-electron chi connectivity index (χ0n) is 9.65. The number of halogens is 1. The molecule has 1 unspecified atom stereocenters. The van der Waals surface area contributed by atoms with Crippen LogP contribution < -0.4 is 5.32 Å². The van der Waals surface area contributed by atoms with Crippen LogP contribution in [0, 0.1) is 16.0 Å². The molecule has 1 fully saturated rings. The monoisotopic (exact) mass is 254 g/mol. The van der Waals surface area contributed by atoms with Crippen LogP contribution in [0.2, 0.25) is 5.02 Å². The first-order valence-electron chi connectivity index (χ1n) is 5.76. The van der Waals surface area contributed by atoms with Crippen molar-refractivity contribution in [3.05, 3.63) is 33.3 Å². The molecule has 0 spiro atoms. The smallest absolute Gasteiger partial charge is 0.271 e. The van der Waals surface area contributed by atoms with E-state index in [2.05, 4.69) is 12.2 Å². The molecule has 1 aliphatic rings. The summed E-state index contributed by atoms with van der Waals surface area (Å²) in [5, 5.41) is 14.3. The van der Waals surface area contributed by atoms with Gasteiger partial charge in [-0.25, -0.2) is 0 Å². The lowest BCUT2D eigenvalue weighted by Gasteiger charge is -2.15. The second-order valence-corrected chi connectivity index (χ2v) is 5.05. The van der Waals surface area contributed by atoms with Gasteiger partial charge in [-0.1, -0.05) is 24.4 Å². The van der Waals surface area contributed by atoms with Gasteiger partial charge in [0, 0.05) is 18.2 Å². The Labute approximate surface area is 105 Å². The first kappa shape index (κ1) is 12.2.